The molecular formula is C9H4Cl3N4O2S+. The molecule has 2 heterocycles. The fraction of sp³-hybridized carbons (Fsp3) is 0. The van der Waals surface area contributed by atoms with E-state index in [-0.39, 0.29) is 31.2 Å². The summed E-state index contributed by atoms with van der Waals surface area (Å²) in [5.74, 6) is -0.474. The van der Waals surface area contributed by atoms with Gasteiger partial charge in [0.15, 0.2) is 0 Å². The lowest BCUT2D eigenvalue weighted by Gasteiger charge is -1.97. The molecule has 0 bridgehead atoms. The normalized spacial score (nSPS) is 10.3. The van der Waals surface area contributed by atoms with Gasteiger partial charge in [-0.1, -0.05) is 23.2 Å². The molecule has 2 N–H and O–H groups in total. The van der Waals surface area contributed by atoms with E-state index < -0.39 is 5.91 Å². The van der Waals surface area contributed by atoms with E-state index >= 15 is 0 Å². The third-order valence-corrected chi connectivity index (χ3v) is 3.60. The van der Waals surface area contributed by atoms with Crippen LogP contribution in [-0.2, 0) is 0 Å². The second-order valence-electron chi connectivity index (χ2n) is 3.22. The molecule has 0 saturated heterocycles. The third kappa shape index (κ3) is 3.38. The van der Waals surface area contributed by atoms with Crippen LogP contribution >= 0.6 is 46.1 Å². The maximum atomic E-state index is 11.9. The number of H-pyrrole nitrogens is 1. The van der Waals surface area contributed by atoms with Crippen molar-refractivity contribution in [3.63, 3.8) is 0 Å². The Morgan fingerprint density at radius 3 is 2.47 bits per heavy atom. The third-order valence-electron chi connectivity index (χ3n) is 1.94. The first-order valence-corrected chi connectivity index (χ1v) is 6.64. The van der Waals surface area contributed by atoms with Crippen LogP contribution in [0.25, 0.3) is 0 Å². The number of rotatable bonds is 3. The average Bonchev–Trinajstić information content (AvgIpc) is 2.68. The summed E-state index contributed by atoms with van der Waals surface area (Å²) in [4.78, 5) is 28.6. The molecule has 0 spiro atoms. The molecule has 2 aromatic rings. The predicted molar refractivity (Wildman–Crippen MR) is 73.5 cm³/mol. The fourth-order valence-electron chi connectivity index (χ4n) is 1.21. The number of aromatic nitrogens is 2. The van der Waals surface area contributed by atoms with Gasteiger partial charge in [-0.05, 0) is 40.2 Å². The number of amides is 1. The topological polar surface area (TPSA) is 85.6 Å². The molecule has 2 rings (SSSR count). The van der Waals surface area contributed by atoms with E-state index in [1.807, 2.05) is 0 Å². The Hall–Kier alpha value is -1.28. The van der Waals surface area contributed by atoms with E-state index in [4.69, 9.17) is 34.8 Å². The largest absolute Gasteiger partial charge is 0.342 e. The highest BCUT2D eigenvalue weighted by Crippen LogP contribution is 2.31. The molecule has 0 aromatic carbocycles. The van der Waals surface area contributed by atoms with Crippen molar-refractivity contribution in [2.75, 3.05) is 5.32 Å². The zero-order valence-electron chi connectivity index (χ0n) is 8.91. The number of nitrogens with zero attached hydrogens (tertiary/aromatic N) is 2. The van der Waals surface area contributed by atoms with Crippen LogP contribution in [0.4, 0.5) is 10.1 Å². The minimum absolute atomic E-state index is 0.0442. The van der Waals surface area contributed by atoms with E-state index in [0.29, 0.717) is 0 Å². The summed E-state index contributed by atoms with van der Waals surface area (Å²) in [5, 5.41) is 5.77. The quantitative estimate of drug-likeness (QED) is 0.685. The number of nitrogens with one attached hydrogen (secondary N) is 2. The zero-order chi connectivity index (χ0) is 14.0. The molecule has 0 fully saturated rings. The monoisotopic (exact) mass is 337 g/mol. The molecule has 0 aliphatic heterocycles. The summed E-state index contributed by atoms with van der Waals surface area (Å²) < 4.78 is 0. The number of pyridine rings is 1. The average molecular weight is 339 g/mol. The fourth-order valence-corrected chi connectivity index (χ4v) is 2.64. The Labute approximate surface area is 125 Å². The Morgan fingerprint density at radius 2 is 1.95 bits per heavy atom. The number of carbonyl (C=O) groups is 1. The van der Waals surface area contributed by atoms with E-state index in [0.717, 1.165) is 11.3 Å². The van der Waals surface area contributed by atoms with Crippen LogP contribution in [-0.4, -0.2) is 10.9 Å². The number of nitroso groups, excluding NO2 is 1. The zero-order valence-corrected chi connectivity index (χ0v) is 12.0. The lowest BCUT2D eigenvalue weighted by Crippen LogP contribution is -2.17. The van der Waals surface area contributed by atoms with Gasteiger partial charge in [0.1, 0.15) is 10.3 Å². The molecule has 0 atom stereocenters. The van der Waals surface area contributed by atoms with E-state index in [1.54, 1.807) is 0 Å². The summed E-state index contributed by atoms with van der Waals surface area (Å²) in [7, 11) is 0. The molecular weight excluding hydrogens is 335 g/mol. The molecule has 0 saturated carbocycles. The molecule has 6 nitrogen and oxygen atoms in total. The molecule has 19 heavy (non-hydrogen) atoms. The van der Waals surface area contributed by atoms with Crippen molar-refractivity contribution in [3.05, 3.63) is 38.1 Å². The van der Waals surface area contributed by atoms with E-state index in [2.05, 4.69) is 20.5 Å². The molecule has 98 valence electrons. The van der Waals surface area contributed by atoms with Gasteiger partial charge in [0.2, 0.25) is 10.2 Å². The smallest absolute Gasteiger partial charge is 0.241 e. The molecule has 0 aliphatic rings. The van der Waals surface area contributed by atoms with Gasteiger partial charge in [-0.15, -0.1) is 4.91 Å². The number of carbonyl (C=O) groups excluding carboxylic acids is 1. The lowest BCUT2D eigenvalue weighted by atomic mass is 10.2. The molecule has 0 radical (unpaired) electrons. The summed E-state index contributed by atoms with van der Waals surface area (Å²) in [6.07, 6.45) is 0. The SMILES string of the molecule is O=Nc1sc(NC(=O)c2cc(Cl)nc(Cl)c2)[nH+]c1Cl. The number of aromatic amines is 1. The number of halogens is 3. The van der Waals surface area contributed by atoms with Gasteiger partial charge < -0.3 is 0 Å². The van der Waals surface area contributed by atoms with Gasteiger partial charge in [-0.3, -0.25) is 0 Å². The number of hydrogen-bond acceptors (Lipinski definition) is 5. The summed E-state index contributed by atoms with van der Waals surface area (Å²) in [6.45, 7) is 0. The van der Waals surface area contributed by atoms with Crippen molar-refractivity contribution < 1.29 is 9.78 Å². The van der Waals surface area contributed by atoms with Crippen molar-refractivity contribution in [2.24, 2.45) is 5.18 Å². The Morgan fingerprint density at radius 1 is 1.32 bits per heavy atom. The molecule has 0 aliphatic carbocycles. The van der Waals surface area contributed by atoms with Crippen LogP contribution in [0.5, 0.6) is 0 Å². The van der Waals surface area contributed by atoms with Gasteiger partial charge in [0.25, 0.3) is 0 Å². The second-order valence-corrected chi connectivity index (χ2v) is 5.37. The summed E-state index contributed by atoms with van der Waals surface area (Å²) in [5.41, 5.74) is 0.225. The highest BCUT2D eigenvalue weighted by molar-refractivity contribution is 7.19. The Bertz CT molecular complexity index is 641. The molecule has 10 heteroatoms. The van der Waals surface area contributed by atoms with E-state index in [9.17, 15) is 9.70 Å². The number of hydrogen-bond donors (Lipinski definition) is 1. The Balaban J connectivity index is 2.22. The van der Waals surface area contributed by atoms with Gasteiger partial charge in [0, 0.05) is 0 Å². The summed E-state index contributed by atoms with van der Waals surface area (Å²) >= 11 is 18.0. The van der Waals surface area contributed by atoms with Crippen molar-refractivity contribution in [1.82, 2.24) is 4.98 Å². The maximum Gasteiger partial charge on any atom is 0.342 e. The van der Waals surface area contributed by atoms with Crippen molar-refractivity contribution in [1.29, 1.82) is 0 Å². The standard InChI is InChI=1S/C9H3Cl3N4O2S/c10-4-1-3(2-5(11)13-4)7(17)15-9-14-6(12)8(16-18)19-9/h1-2H,(H,14,15,17)/p+1. The van der Waals surface area contributed by atoms with Crippen molar-refractivity contribution in [3.8, 4) is 0 Å². The van der Waals surface area contributed by atoms with Crippen LogP contribution in [0.1, 0.15) is 10.4 Å². The second kappa shape index (κ2) is 5.79. The number of thiazole rings is 1. The molecule has 0 unspecified atom stereocenters. The van der Waals surface area contributed by atoms with Crippen LogP contribution in [0.3, 0.4) is 0 Å². The van der Waals surface area contributed by atoms with Crippen molar-refractivity contribution >= 4 is 62.2 Å². The van der Waals surface area contributed by atoms with Crippen LogP contribution < -0.4 is 10.3 Å². The maximum absolute atomic E-state index is 11.9. The number of anilines is 1. The highest BCUT2D eigenvalue weighted by atomic mass is 35.5. The van der Waals surface area contributed by atoms with Gasteiger partial charge in [-0.25, -0.2) is 14.8 Å². The predicted octanol–water partition coefficient (Wildman–Crippen LogP) is 3.57. The van der Waals surface area contributed by atoms with E-state index in [1.165, 1.54) is 12.1 Å². The van der Waals surface area contributed by atoms with Gasteiger partial charge in [-0.2, -0.15) is 5.32 Å². The first-order valence-electron chi connectivity index (χ1n) is 4.69. The van der Waals surface area contributed by atoms with Crippen LogP contribution in [0.15, 0.2) is 17.3 Å². The van der Waals surface area contributed by atoms with Crippen molar-refractivity contribution in [2.45, 2.75) is 0 Å². The first kappa shape index (κ1) is 14.1. The van der Waals surface area contributed by atoms with Gasteiger partial charge >= 0.3 is 11.0 Å². The van der Waals surface area contributed by atoms with Crippen LogP contribution in [0, 0.1) is 4.91 Å². The Kier molecular flexibility index (Phi) is 4.31. The lowest BCUT2D eigenvalue weighted by molar-refractivity contribution is -0.351. The minimum Gasteiger partial charge on any atom is -0.241 e. The summed E-state index contributed by atoms with van der Waals surface area (Å²) in [6, 6.07) is 2.72. The molecule has 1 amide bonds. The highest BCUT2D eigenvalue weighted by Gasteiger charge is 2.20. The minimum atomic E-state index is -0.474. The first-order chi connectivity index (χ1) is 8.99. The molecule has 2 aromatic heterocycles. The van der Waals surface area contributed by atoms with Gasteiger partial charge in [0.05, 0.1) is 5.56 Å². The van der Waals surface area contributed by atoms with Crippen LogP contribution in [0.2, 0.25) is 15.5 Å².